The first kappa shape index (κ1) is 17.3. The Morgan fingerprint density at radius 1 is 1.20 bits per heavy atom. The number of fused-ring (bicyclic) bond motifs is 2. The second-order valence-corrected chi connectivity index (χ2v) is 8.05. The van der Waals surface area contributed by atoms with Crippen LogP contribution in [-0.2, 0) is 12.8 Å². The summed E-state index contributed by atoms with van der Waals surface area (Å²) in [5.74, 6) is 1.79. The molecule has 2 N–H and O–H groups in total. The average Bonchev–Trinajstić information content (AvgIpc) is 3.06. The molecule has 25 heavy (non-hydrogen) atoms. The summed E-state index contributed by atoms with van der Waals surface area (Å²) in [6.45, 7) is 2.48. The van der Waals surface area contributed by atoms with Crippen LogP contribution in [0.15, 0.2) is 33.6 Å². The second kappa shape index (κ2) is 6.86. The molecule has 1 heterocycles. The molecule has 3 nitrogen and oxygen atoms in total. The van der Waals surface area contributed by atoms with Gasteiger partial charge in [0.1, 0.15) is 0 Å². The molecule has 1 aliphatic heterocycles. The van der Waals surface area contributed by atoms with Crippen LogP contribution in [0.4, 0.5) is 0 Å². The first-order valence-corrected chi connectivity index (χ1v) is 10.0. The molecule has 0 saturated heterocycles. The molecule has 2 unspecified atom stereocenters. The van der Waals surface area contributed by atoms with Gasteiger partial charge in [0.15, 0.2) is 11.5 Å². The Morgan fingerprint density at radius 3 is 2.72 bits per heavy atom. The predicted octanol–water partition coefficient (Wildman–Crippen LogP) is 4.82. The molecule has 0 radical (unpaired) electrons. The van der Waals surface area contributed by atoms with Crippen molar-refractivity contribution < 1.29 is 9.47 Å². The number of aryl methyl sites for hydroxylation is 2. The van der Waals surface area contributed by atoms with E-state index in [1.165, 1.54) is 22.3 Å². The van der Waals surface area contributed by atoms with Gasteiger partial charge in [0.05, 0.1) is 0 Å². The van der Waals surface area contributed by atoms with Crippen LogP contribution in [0.1, 0.15) is 47.9 Å². The van der Waals surface area contributed by atoms with Gasteiger partial charge >= 0.3 is 0 Å². The van der Waals surface area contributed by atoms with E-state index in [2.05, 4.69) is 47.1 Å². The fraction of sp³-hybridized carbons (Fsp3) is 0.400. The molecule has 2 aliphatic rings. The van der Waals surface area contributed by atoms with Crippen LogP contribution < -0.4 is 15.2 Å². The first-order valence-electron chi connectivity index (χ1n) is 8.78. The van der Waals surface area contributed by atoms with E-state index in [0.717, 1.165) is 46.6 Å². The summed E-state index contributed by atoms with van der Waals surface area (Å²) in [4.78, 5) is 0.997. The summed E-state index contributed by atoms with van der Waals surface area (Å²) < 4.78 is 12.2. The number of hydrogen-bond acceptors (Lipinski definition) is 4. The van der Waals surface area contributed by atoms with Crippen molar-refractivity contribution in [1.29, 1.82) is 0 Å². The third kappa shape index (κ3) is 2.96. The van der Waals surface area contributed by atoms with Crippen LogP contribution in [0.25, 0.3) is 0 Å². The zero-order chi connectivity index (χ0) is 17.6. The Kier molecular flexibility index (Phi) is 4.73. The van der Waals surface area contributed by atoms with Gasteiger partial charge in [0.2, 0.25) is 6.79 Å². The Balaban J connectivity index is 1.82. The van der Waals surface area contributed by atoms with Gasteiger partial charge in [-0.05, 0) is 69.6 Å². The largest absolute Gasteiger partial charge is 0.454 e. The highest BCUT2D eigenvalue weighted by Crippen LogP contribution is 2.45. The van der Waals surface area contributed by atoms with Crippen molar-refractivity contribution in [2.75, 3.05) is 6.79 Å². The quantitative estimate of drug-likeness (QED) is 0.700. The summed E-state index contributed by atoms with van der Waals surface area (Å²) in [6.07, 6.45) is 4.08. The van der Waals surface area contributed by atoms with Crippen molar-refractivity contribution in [3.05, 3.63) is 51.0 Å². The summed E-state index contributed by atoms with van der Waals surface area (Å²) in [5, 5.41) is 0. The van der Waals surface area contributed by atoms with Crippen LogP contribution in [-0.4, -0.2) is 12.8 Å². The summed E-state index contributed by atoms with van der Waals surface area (Å²) >= 11 is 8.59. The molecule has 1 aliphatic carbocycles. The van der Waals surface area contributed by atoms with Crippen molar-refractivity contribution in [1.82, 2.24) is 0 Å². The lowest BCUT2D eigenvalue weighted by atomic mass is 9.75. The van der Waals surface area contributed by atoms with Crippen LogP contribution in [0.3, 0.4) is 0 Å². The van der Waals surface area contributed by atoms with Crippen molar-refractivity contribution in [3.63, 3.8) is 0 Å². The van der Waals surface area contributed by atoms with Crippen LogP contribution in [0.5, 0.6) is 11.5 Å². The maximum Gasteiger partial charge on any atom is 0.231 e. The highest BCUT2D eigenvalue weighted by atomic mass is 79.9. The van der Waals surface area contributed by atoms with Crippen LogP contribution in [0.2, 0.25) is 0 Å². The van der Waals surface area contributed by atoms with E-state index in [-0.39, 0.29) is 12.0 Å². The van der Waals surface area contributed by atoms with Gasteiger partial charge in [-0.2, -0.15) is 0 Å². The van der Waals surface area contributed by atoms with Gasteiger partial charge in [-0.3, -0.25) is 0 Å². The van der Waals surface area contributed by atoms with Crippen molar-refractivity contribution >= 4 is 28.6 Å². The summed E-state index contributed by atoms with van der Waals surface area (Å²) in [5.41, 5.74) is 11.6. The fourth-order valence-corrected chi connectivity index (χ4v) is 4.87. The minimum atomic E-state index is 0.0719. The van der Waals surface area contributed by atoms with Gasteiger partial charge < -0.3 is 15.2 Å². The summed E-state index contributed by atoms with van der Waals surface area (Å²) in [6, 6.07) is 8.71. The molecule has 0 aromatic heterocycles. The molecular formula is C20H22BrNO2S. The predicted molar refractivity (Wildman–Crippen MR) is 106 cm³/mol. The van der Waals surface area contributed by atoms with Crippen molar-refractivity contribution in [3.8, 4) is 11.5 Å². The van der Waals surface area contributed by atoms with E-state index >= 15 is 0 Å². The van der Waals surface area contributed by atoms with Gasteiger partial charge in [0, 0.05) is 21.3 Å². The van der Waals surface area contributed by atoms with Gasteiger partial charge in [-0.1, -0.05) is 25.5 Å². The number of hydrogen-bond donors (Lipinski definition) is 2. The third-order valence-electron chi connectivity index (χ3n) is 5.23. The van der Waals surface area contributed by atoms with Crippen molar-refractivity contribution in [2.24, 2.45) is 5.73 Å². The average molecular weight is 420 g/mol. The topological polar surface area (TPSA) is 44.5 Å². The zero-order valence-electron chi connectivity index (χ0n) is 14.2. The minimum Gasteiger partial charge on any atom is -0.454 e. The molecule has 0 bridgehead atoms. The minimum absolute atomic E-state index is 0.0719. The number of benzene rings is 2. The van der Waals surface area contributed by atoms with Gasteiger partial charge in [0.25, 0.3) is 0 Å². The van der Waals surface area contributed by atoms with Crippen LogP contribution in [0, 0.1) is 0 Å². The van der Waals surface area contributed by atoms with E-state index in [4.69, 9.17) is 27.8 Å². The lowest BCUT2D eigenvalue weighted by Crippen LogP contribution is -2.34. The normalized spacial score (nSPS) is 21.3. The molecule has 4 rings (SSSR count). The highest BCUT2D eigenvalue weighted by Gasteiger charge is 2.32. The number of thiol groups is 1. The number of rotatable bonds is 3. The van der Waals surface area contributed by atoms with E-state index in [9.17, 15) is 0 Å². The number of ether oxygens (including phenoxy) is 2. The fourth-order valence-electron chi connectivity index (χ4n) is 3.96. The first-order chi connectivity index (χ1) is 12.1. The standard InChI is InChI=1S/C20H22BrNO2S/c1-2-3-11-4-6-13(20(25)19(11)21)18-14-9-17-16(23-10-24-17)8-12(14)5-7-15(18)22/h4,6,8-9,15,18,25H,2-3,5,7,10,22H2,1H3. The molecule has 0 fully saturated rings. The number of halogens is 1. The number of nitrogens with two attached hydrogens (primary N) is 1. The molecule has 0 spiro atoms. The monoisotopic (exact) mass is 419 g/mol. The van der Waals surface area contributed by atoms with E-state index in [0.29, 0.717) is 6.79 Å². The molecule has 0 amide bonds. The lowest BCUT2D eigenvalue weighted by molar-refractivity contribution is 0.174. The highest BCUT2D eigenvalue weighted by molar-refractivity contribution is 9.10. The van der Waals surface area contributed by atoms with E-state index in [1.807, 2.05) is 0 Å². The second-order valence-electron chi connectivity index (χ2n) is 6.81. The molecular weight excluding hydrogens is 398 g/mol. The zero-order valence-corrected chi connectivity index (χ0v) is 16.7. The SMILES string of the molecule is CCCc1ccc(C2c3cc4c(cc3CCC2N)OCO4)c(S)c1Br. The molecule has 2 atom stereocenters. The Morgan fingerprint density at radius 2 is 1.96 bits per heavy atom. The third-order valence-corrected chi connectivity index (χ3v) is 6.92. The van der Waals surface area contributed by atoms with Gasteiger partial charge in [-0.25, -0.2) is 0 Å². The molecule has 2 aromatic rings. The molecule has 132 valence electrons. The Bertz CT molecular complexity index is 824. The van der Waals surface area contributed by atoms with Crippen molar-refractivity contribution in [2.45, 2.75) is 49.5 Å². The van der Waals surface area contributed by atoms with E-state index < -0.39 is 0 Å². The maximum absolute atomic E-state index is 6.57. The smallest absolute Gasteiger partial charge is 0.231 e. The molecule has 0 saturated carbocycles. The van der Waals surface area contributed by atoms with Gasteiger partial charge in [-0.15, -0.1) is 12.6 Å². The Hall–Kier alpha value is -1.17. The maximum atomic E-state index is 6.57. The Labute approximate surface area is 162 Å². The molecule has 2 aromatic carbocycles. The lowest BCUT2D eigenvalue weighted by Gasteiger charge is -2.33. The van der Waals surface area contributed by atoms with E-state index in [1.54, 1.807) is 0 Å². The summed E-state index contributed by atoms with van der Waals surface area (Å²) in [7, 11) is 0. The van der Waals surface area contributed by atoms with Crippen LogP contribution >= 0.6 is 28.6 Å². The molecule has 5 heteroatoms.